The van der Waals surface area contributed by atoms with Crippen molar-refractivity contribution in [2.45, 2.75) is 81.3 Å². The molecule has 1 N–H and O–H groups in total. The number of benzene rings is 2. The third kappa shape index (κ3) is 7.46. The Kier molecular flexibility index (Phi) is 10.5. The molecule has 10 rings (SSSR count). The van der Waals surface area contributed by atoms with E-state index in [1.54, 1.807) is 11.8 Å². The summed E-state index contributed by atoms with van der Waals surface area (Å²) in [6, 6.07) is 6.98. The first-order valence-corrected chi connectivity index (χ1v) is 20.3. The van der Waals surface area contributed by atoms with Gasteiger partial charge in [-0.25, -0.2) is 27.2 Å². The van der Waals surface area contributed by atoms with Crippen LogP contribution in [0.25, 0.3) is 32.9 Å². The summed E-state index contributed by atoms with van der Waals surface area (Å²) in [6.07, 6.45) is -0.593. The van der Waals surface area contributed by atoms with E-state index in [9.17, 15) is 19.2 Å². The van der Waals surface area contributed by atoms with Crippen LogP contribution in [0.1, 0.15) is 51.0 Å². The Balaban J connectivity index is 1.21. The summed E-state index contributed by atoms with van der Waals surface area (Å²) in [5.41, 5.74) is -1.94. The second kappa shape index (κ2) is 15.8. The summed E-state index contributed by atoms with van der Waals surface area (Å²) in [6.45, 7) is 3.10. The molecule has 6 aliphatic heterocycles. The van der Waals surface area contributed by atoms with Crippen molar-refractivity contribution in [2.24, 2.45) is 0 Å². The molecule has 2 amide bonds. The van der Waals surface area contributed by atoms with Crippen molar-refractivity contribution in [1.29, 1.82) is 5.26 Å². The van der Waals surface area contributed by atoms with Crippen LogP contribution in [0.5, 0.6) is 11.8 Å². The number of hydrogen-bond donors (Lipinski definition) is 1. The van der Waals surface area contributed by atoms with Crippen LogP contribution in [-0.2, 0) is 15.9 Å². The van der Waals surface area contributed by atoms with Crippen molar-refractivity contribution >= 4 is 39.7 Å². The van der Waals surface area contributed by atoms with Gasteiger partial charge in [-0.2, -0.15) is 15.2 Å². The topological polar surface area (TPSA) is 155 Å². The number of ether oxygens (including phenoxy) is 4. The fourth-order valence-corrected chi connectivity index (χ4v) is 9.76. The van der Waals surface area contributed by atoms with Gasteiger partial charge in [0.25, 0.3) is 0 Å². The predicted molar refractivity (Wildman–Crippen MR) is 209 cm³/mol. The summed E-state index contributed by atoms with van der Waals surface area (Å²) in [5.74, 6) is -1.41. The van der Waals surface area contributed by atoms with E-state index in [0.717, 1.165) is 13.0 Å². The largest absolute Gasteiger partial charge is 0.461 e. The van der Waals surface area contributed by atoms with Crippen LogP contribution < -0.4 is 19.7 Å². The highest BCUT2D eigenvalue weighted by atomic mass is 19.1. The predicted octanol–water partition coefficient (Wildman–Crippen LogP) is 6.17. The van der Waals surface area contributed by atoms with Gasteiger partial charge in [0, 0.05) is 44.2 Å². The number of nitrogens with one attached hydrogen (secondary N) is 1. The van der Waals surface area contributed by atoms with Gasteiger partial charge in [-0.1, -0.05) is 6.07 Å². The smallest absolute Gasteiger partial charge is 0.415 e. The third-order valence-corrected chi connectivity index (χ3v) is 12.4. The van der Waals surface area contributed by atoms with E-state index >= 15 is 13.2 Å². The molecule has 5 atom stereocenters. The summed E-state index contributed by atoms with van der Waals surface area (Å²) < 4.78 is 87.1. The normalized spacial score (nSPS) is 27.1. The summed E-state index contributed by atoms with van der Waals surface area (Å²) in [7, 11) is 0. The summed E-state index contributed by atoms with van der Waals surface area (Å²) in [5, 5.41) is 13.0. The molecule has 2 aromatic carbocycles. The molecular weight excluding hydrogens is 789 g/mol. The Morgan fingerprint density at radius 3 is 2.80 bits per heavy atom. The van der Waals surface area contributed by atoms with E-state index in [2.05, 4.69) is 26.3 Å². The maximum atomic E-state index is 17.6. The standard InChI is InChI=1S/C42H44F4N8O6/c1-41-16-25(43)19-52(22-41)37-31-18-48-35(34(46)36(31)49-38(50-37)59-23-42-8-3-10-53(42)20-26(44)17-42)30-15-28(60-40(56)54-11-13-57-21-27(54)7-9-47)14-24-5-6-32(45)29(33(24)30)4-2-12-58-39(55)51-41/h5-6,14-15,18,25-27H,2-4,7-8,10-13,16-17,19-23H2,1H3,(H,51,55)/t25-,26-,27-,41-,42+/m1/s1. The molecule has 6 aliphatic rings. The average molecular weight is 833 g/mol. The van der Waals surface area contributed by atoms with Crippen LogP contribution >= 0.6 is 0 Å². The van der Waals surface area contributed by atoms with Crippen LogP contribution in [0.2, 0.25) is 0 Å². The number of carbonyl (C=O) groups is 2. The van der Waals surface area contributed by atoms with Crippen molar-refractivity contribution in [3.63, 3.8) is 0 Å². The minimum Gasteiger partial charge on any atom is -0.461 e. The van der Waals surface area contributed by atoms with Gasteiger partial charge in [0.15, 0.2) is 5.82 Å². The molecule has 14 nitrogen and oxygen atoms in total. The number of fused-ring (bicyclic) bond motifs is 7. The Hall–Kier alpha value is -5.54. The minimum atomic E-state index is -1.44. The Labute approximate surface area is 342 Å². The molecule has 60 heavy (non-hydrogen) atoms. The van der Waals surface area contributed by atoms with E-state index in [1.807, 2.05) is 0 Å². The van der Waals surface area contributed by atoms with Crippen molar-refractivity contribution in [2.75, 3.05) is 64.1 Å². The second-order valence-corrected chi connectivity index (χ2v) is 16.7. The highest BCUT2D eigenvalue weighted by Crippen LogP contribution is 2.43. The number of aromatic nitrogens is 3. The molecule has 4 aromatic rings. The number of hydrogen-bond acceptors (Lipinski definition) is 12. The lowest BCUT2D eigenvalue weighted by atomic mass is 9.90. The van der Waals surface area contributed by atoms with E-state index in [1.165, 1.54) is 35.4 Å². The van der Waals surface area contributed by atoms with Crippen LogP contribution in [0.4, 0.5) is 33.0 Å². The van der Waals surface area contributed by atoms with E-state index < -0.39 is 53.3 Å². The molecule has 0 spiro atoms. The van der Waals surface area contributed by atoms with Crippen LogP contribution in [0.15, 0.2) is 30.5 Å². The zero-order chi connectivity index (χ0) is 41.8. The summed E-state index contributed by atoms with van der Waals surface area (Å²) in [4.78, 5) is 45.7. The van der Waals surface area contributed by atoms with Gasteiger partial charge in [-0.3, -0.25) is 14.8 Å². The fourth-order valence-electron chi connectivity index (χ4n) is 9.76. The van der Waals surface area contributed by atoms with Crippen LogP contribution in [0, 0.1) is 23.0 Å². The van der Waals surface area contributed by atoms with Gasteiger partial charge in [0.05, 0.1) is 61.4 Å². The molecule has 4 fully saturated rings. The quantitative estimate of drug-likeness (QED) is 0.229. The minimum absolute atomic E-state index is 0.00606. The zero-order valence-corrected chi connectivity index (χ0v) is 33.0. The van der Waals surface area contributed by atoms with Gasteiger partial charge in [0.1, 0.15) is 47.5 Å². The third-order valence-electron chi connectivity index (χ3n) is 12.4. The first-order chi connectivity index (χ1) is 28.9. The van der Waals surface area contributed by atoms with Crippen molar-refractivity contribution in [1.82, 2.24) is 30.1 Å². The number of morpholine rings is 1. The number of nitriles is 1. The number of amides is 2. The number of alkyl halides is 2. The number of nitrogens with zero attached hydrogens (tertiary/aromatic N) is 7. The molecule has 4 saturated heterocycles. The number of anilines is 1. The maximum absolute atomic E-state index is 17.6. The lowest BCUT2D eigenvalue weighted by molar-refractivity contribution is 0.00383. The number of piperidine rings is 1. The Morgan fingerprint density at radius 1 is 1.10 bits per heavy atom. The highest BCUT2D eigenvalue weighted by Gasteiger charge is 2.49. The molecule has 0 saturated carbocycles. The van der Waals surface area contributed by atoms with Gasteiger partial charge in [-0.05, 0) is 73.7 Å². The molecule has 316 valence electrons. The van der Waals surface area contributed by atoms with Crippen LogP contribution in [0.3, 0.4) is 0 Å². The molecule has 8 heterocycles. The maximum Gasteiger partial charge on any atom is 0.415 e. The number of rotatable bonds is 5. The molecule has 0 aliphatic carbocycles. The zero-order valence-electron chi connectivity index (χ0n) is 33.0. The van der Waals surface area contributed by atoms with Gasteiger partial charge in [-0.15, -0.1) is 0 Å². The molecule has 0 radical (unpaired) electrons. The Morgan fingerprint density at radius 2 is 1.95 bits per heavy atom. The lowest BCUT2D eigenvalue weighted by Gasteiger charge is -2.42. The molecule has 2 aromatic heterocycles. The van der Waals surface area contributed by atoms with E-state index in [-0.39, 0.29) is 135 Å². The van der Waals surface area contributed by atoms with E-state index in [0.29, 0.717) is 11.8 Å². The molecular formula is C42H44F4N8O6. The highest BCUT2D eigenvalue weighted by molar-refractivity contribution is 6.02. The van der Waals surface area contributed by atoms with Crippen molar-refractivity contribution in [3.8, 4) is 29.1 Å². The van der Waals surface area contributed by atoms with Gasteiger partial charge >= 0.3 is 18.2 Å². The van der Waals surface area contributed by atoms with Gasteiger partial charge < -0.3 is 29.2 Å². The Bertz CT molecular complexity index is 2400. The monoisotopic (exact) mass is 832 g/mol. The molecule has 6 bridgehead atoms. The van der Waals surface area contributed by atoms with E-state index in [4.69, 9.17) is 23.9 Å². The lowest BCUT2D eigenvalue weighted by Crippen LogP contribution is -2.60. The molecule has 0 unspecified atom stereocenters. The first kappa shape index (κ1) is 39.9. The van der Waals surface area contributed by atoms with Crippen molar-refractivity contribution in [3.05, 3.63) is 47.7 Å². The fraction of sp³-hybridized carbons (Fsp3) is 0.524. The number of pyridine rings is 1. The SMILES string of the molecule is C[C@@]12C[C@@H](F)CN(C1)c1nc(OC[C@@]34CCCN3C[C@H](F)C4)nc3c(F)c(ncc13)-c1cc(OC(=O)N3CCOC[C@H]3CC#N)cc3ccc(F)c(c13)CCCOC(=O)N2. The summed E-state index contributed by atoms with van der Waals surface area (Å²) >= 11 is 0. The van der Waals surface area contributed by atoms with Gasteiger partial charge in [0.2, 0.25) is 0 Å². The number of halogens is 4. The van der Waals surface area contributed by atoms with Crippen LogP contribution in [-0.4, -0.2) is 126 Å². The van der Waals surface area contributed by atoms with Crippen molar-refractivity contribution < 1.29 is 46.1 Å². The number of aryl methyl sites for hydroxylation is 1. The first-order valence-electron chi connectivity index (χ1n) is 20.3. The number of alkyl carbamates (subject to hydrolysis) is 1. The average Bonchev–Trinajstić information content (AvgIpc) is 3.74. The molecule has 18 heteroatoms. The second-order valence-electron chi connectivity index (χ2n) is 16.7. The number of carbonyl (C=O) groups excluding carboxylic acids is 2.